The van der Waals surface area contributed by atoms with Crippen molar-refractivity contribution in [3.05, 3.63) is 0 Å². The summed E-state index contributed by atoms with van der Waals surface area (Å²) >= 11 is 17.3. The van der Waals surface area contributed by atoms with Crippen molar-refractivity contribution in [2.75, 3.05) is 30.5 Å². The average molecular weight is 318 g/mol. The molecule has 0 fully saturated rings. The van der Waals surface area contributed by atoms with E-state index >= 15 is 0 Å². The van der Waals surface area contributed by atoms with Gasteiger partial charge in [-0.3, -0.25) is 4.18 Å². The Balaban J connectivity index is 3.78. The van der Waals surface area contributed by atoms with Crippen molar-refractivity contribution in [3.63, 3.8) is 0 Å². The fraction of sp³-hybridized carbons (Fsp3) is 1.00. The predicted molar refractivity (Wildman–Crippen MR) is 64.4 cm³/mol. The number of aliphatic hydroxyl groups excluding tert-OH is 1. The largest absolute Gasteiger partial charge is 0.396 e. The summed E-state index contributed by atoms with van der Waals surface area (Å²) < 4.78 is 25.1. The minimum atomic E-state index is -3.65. The smallest absolute Gasteiger partial charge is 0.268 e. The van der Waals surface area contributed by atoms with Crippen molar-refractivity contribution in [2.45, 2.75) is 3.79 Å². The molecule has 0 aromatic carbocycles. The van der Waals surface area contributed by atoms with E-state index in [4.69, 9.17) is 39.9 Å². The van der Waals surface area contributed by atoms with E-state index in [1.165, 1.54) is 11.8 Å². The van der Waals surface area contributed by atoms with Crippen LogP contribution >= 0.6 is 46.6 Å². The molecule has 4 nitrogen and oxygen atoms in total. The third kappa shape index (κ3) is 11.4. The number of aliphatic hydroxyl groups is 1. The van der Waals surface area contributed by atoms with E-state index in [2.05, 4.69) is 4.18 Å². The molecule has 1 N–H and O–H groups in total. The molecule has 0 spiro atoms. The average Bonchev–Trinajstić information content (AvgIpc) is 2.09. The van der Waals surface area contributed by atoms with Crippen LogP contribution in [0.1, 0.15) is 0 Å². The Morgan fingerprint density at radius 3 is 2.33 bits per heavy atom. The van der Waals surface area contributed by atoms with Gasteiger partial charge >= 0.3 is 0 Å². The third-order valence-electron chi connectivity index (χ3n) is 1.12. The molecule has 0 aromatic rings. The highest BCUT2D eigenvalue weighted by molar-refractivity contribution is 8.00. The van der Waals surface area contributed by atoms with E-state index in [1.54, 1.807) is 0 Å². The normalized spacial score (nSPS) is 13.1. The summed E-state index contributed by atoms with van der Waals surface area (Å²) in [6, 6.07) is 0. The van der Waals surface area contributed by atoms with Crippen LogP contribution in [-0.2, 0) is 14.3 Å². The molecule has 0 rings (SSSR count). The first-order valence-corrected chi connectivity index (χ1v) is 7.76. The summed E-state index contributed by atoms with van der Waals surface area (Å²) in [4.78, 5) is 0. The molecule has 0 heterocycles. The Morgan fingerprint density at radius 2 is 1.87 bits per heavy atom. The lowest BCUT2D eigenvalue weighted by molar-refractivity contribution is 0.322. The van der Waals surface area contributed by atoms with Crippen LogP contribution in [0.5, 0.6) is 0 Å². The van der Waals surface area contributed by atoms with Crippen molar-refractivity contribution in [1.29, 1.82) is 0 Å². The first kappa shape index (κ1) is 16.1. The summed E-state index contributed by atoms with van der Waals surface area (Å²) in [6.07, 6.45) is 0. The molecule has 0 aliphatic carbocycles. The summed E-state index contributed by atoms with van der Waals surface area (Å²) in [5.74, 6) is 0.654. The number of hydrogen-bond donors (Lipinski definition) is 1. The van der Waals surface area contributed by atoms with E-state index in [0.29, 0.717) is 11.5 Å². The van der Waals surface area contributed by atoms with Gasteiger partial charge in [0, 0.05) is 11.5 Å². The van der Waals surface area contributed by atoms with Gasteiger partial charge in [0.1, 0.15) is 6.61 Å². The molecule has 0 amide bonds. The highest BCUT2D eigenvalue weighted by Crippen LogP contribution is 2.26. The summed E-state index contributed by atoms with van der Waals surface area (Å²) in [7, 11) is -3.65. The maximum absolute atomic E-state index is 11.2. The highest BCUT2D eigenvalue weighted by atomic mass is 35.6. The van der Waals surface area contributed by atoms with Crippen LogP contribution < -0.4 is 0 Å². The van der Waals surface area contributed by atoms with Gasteiger partial charge in [-0.2, -0.15) is 20.2 Å². The second-order valence-corrected chi connectivity index (χ2v) is 7.98. The van der Waals surface area contributed by atoms with E-state index in [9.17, 15) is 8.42 Å². The lowest BCUT2D eigenvalue weighted by Crippen LogP contribution is -2.20. The van der Waals surface area contributed by atoms with Crippen molar-refractivity contribution < 1.29 is 17.7 Å². The first-order chi connectivity index (χ1) is 6.77. The van der Waals surface area contributed by atoms with Gasteiger partial charge in [-0.1, -0.05) is 34.8 Å². The molecule has 0 radical (unpaired) electrons. The molecule has 0 aromatic heterocycles. The highest BCUT2D eigenvalue weighted by Gasteiger charge is 2.24. The van der Waals surface area contributed by atoms with Gasteiger partial charge in [0.2, 0.25) is 3.79 Å². The molecule has 0 saturated carbocycles. The lowest BCUT2D eigenvalue weighted by atomic mass is 10.9. The van der Waals surface area contributed by atoms with Crippen LogP contribution in [0, 0.1) is 0 Å². The van der Waals surface area contributed by atoms with Crippen LogP contribution in [0.25, 0.3) is 0 Å². The number of thioether (sulfide) groups is 1. The molecule has 0 aliphatic heterocycles. The van der Waals surface area contributed by atoms with Crippen LogP contribution in [-0.4, -0.2) is 47.8 Å². The van der Waals surface area contributed by atoms with Crippen LogP contribution in [0.3, 0.4) is 0 Å². The first-order valence-electron chi connectivity index (χ1n) is 3.89. The zero-order chi connectivity index (χ0) is 11.9. The zero-order valence-corrected chi connectivity index (χ0v) is 11.6. The summed E-state index contributed by atoms with van der Waals surface area (Å²) in [6.45, 7) is -0.482. The topological polar surface area (TPSA) is 63.6 Å². The molecular weight excluding hydrogens is 307 g/mol. The van der Waals surface area contributed by atoms with E-state index in [1.807, 2.05) is 0 Å². The number of alkyl halides is 3. The van der Waals surface area contributed by atoms with Gasteiger partial charge in [-0.05, 0) is 0 Å². The molecule has 0 atom stereocenters. The van der Waals surface area contributed by atoms with Gasteiger partial charge in [0.05, 0.1) is 12.4 Å². The van der Waals surface area contributed by atoms with Crippen LogP contribution in [0.2, 0.25) is 0 Å². The molecule has 9 heteroatoms. The van der Waals surface area contributed by atoms with E-state index in [-0.39, 0.29) is 12.4 Å². The number of rotatable bonds is 7. The SMILES string of the molecule is O=S(=O)(CCSCCO)OCC(Cl)(Cl)Cl. The van der Waals surface area contributed by atoms with Crippen LogP contribution in [0.4, 0.5) is 0 Å². The minimum Gasteiger partial charge on any atom is -0.396 e. The van der Waals surface area contributed by atoms with Gasteiger partial charge < -0.3 is 5.11 Å². The van der Waals surface area contributed by atoms with E-state index in [0.717, 1.165) is 0 Å². The van der Waals surface area contributed by atoms with Gasteiger partial charge in [0.25, 0.3) is 10.1 Å². The quantitative estimate of drug-likeness (QED) is 0.437. The van der Waals surface area contributed by atoms with Gasteiger partial charge in [-0.15, -0.1) is 0 Å². The second kappa shape index (κ2) is 7.42. The van der Waals surface area contributed by atoms with Crippen molar-refractivity contribution in [1.82, 2.24) is 0 Å². The van der Waals surface area contributed by atoms with Gasteiger partial charge in [-0.25, -0.2) is 0 Å². The van der Waals surface area contributed by atoms with Crippen molar-refractivity contribution in [2.24, 2.45) is 0 Å². The minimum absolute atomic E-state index is 0.0136. The monoisotopic (exact) mass is 316 g/mol. The number of halogens is 3. The Labute approximate surface area is 108 Å². The predicted octanol–water partition coefficient (Wildman–Crippen LogP) is 1.43. The molecule has 0 unspecified atom stereocenters. The standard InChI is InChI=1S/C6H11Cl3O4S2/c7-6(8,9)5-13-15(11,12)4-3-14-2-1-10/h10H,1-5H2. The maximum atomic E-state index is 11.2. The van der Waals surface area contributed by atoms with Crippen molar-refractivity contribution in [3.8, 4) is 0 Å². The molecular formula is C6H11Cl3O4S2. The van der Waals surface area contributed by atoms with Crippen molar-refractivity contribution >= 4 is 56.7 Å². The third-order valence-corrected chi connectivity index (χ3v) is 3.85. The maximum Gasteiger partial charge on any atom is 0.268 e. The molecule has 0 bridgehead atoms. The lowest BCUT2D eigenvalue weighted by Gasteiger charge is -2.10. The number of hydrogen-bond acceptors (Lipinski definition) is 5. The molecule has 92 valence electrons. The molecule has 0 saturated heterocycles. The second-order valence-electron chi connectivity index (χ2n) is 2.48. The molecule has 0 aliphatic rings. The van der Waals surface area contributed by atoms with Crippen LogP contribution in [0.15, 0.2) is 0 Å². The summed E-state index contributed by atoms with van der Waals surface area (Å²) in [5.41, 5.74) is 0. The Bertz CT molecular complexity index is 262. The Morgan fingerprint density at radius 1 is 1.27 bits per heavy atom. The Kier molecular flexibility index (Phi) is 7.96. The van der Waals surface area contributed by atoms with E-state index < -0.39 is 20.5 Å². The Hall–Kier alpha value is 1.09. The molecule has 15 heavy (non-hydrogen) atoms. The van der Waals surface area contributed by atoms with Gasteiger partial charge in [0.15, 0.2) is 0 Å². The fourth-order valence-electron chi connectivity index (χ4n) is 0.543. The summed E-state index contributed by atoms with van der Waals surface area (Å²) in [5, 5.41) is 8.45. The zero-order valence-electron chi connectivity index (χ0n) is 7.66. The fourth-order valence-corrected chi connectivity index (χ4v) is 3.00.